The minimum absolute atomic E-state index is 0.0140. The van der Waals surface area contributed by atoms with Gasteiger partial charge in [-0.15, -0.1) is 0 Å². The maximum Gasteiger partial charge on any atom is 0.416 e. The van der Waals surface area contributed by atoms with Crippen LogP contribution in [-0.2, 0) is 25.2 Å². The van der Waals surface area contributed by atoms with Gasteiger partial charge in [0.15, 0.2) is 6.10 Å². The summed E-state index contributed by atoms with van der Waals surface area (Å²) in [5.74, 6) is -0.274. The van der Waals surface area contributed by atoms with Crippen LogP contribution in [0.3, 0.4) is 0 Å². The minimum atomic E-state index is -4.57. The van der Waals surface area contributed by atoms with E-state index in [1.165, 1.54) is 12.0 Å². The summed E-state index contributed by atoms with van der Waals surface area (Å²) < 4.78 is 62.7. The van der Waals surface area contributed by atoms with Crippen LogP contribution in [0.5, 0.6) is 5.75 Å². The highest BCUT2D eigenvalue weighted by molar-refractivity contribution is 5.83. The number of amides is 2. The number of carbonyl (C=O) groups excluding carboxylic acids is 2. The molecule has 0 radical (unpaired) electrons. The molecule has 2 fully saturated rings. The molecule has 1 unspecified atom stereocenters. The van der Waals surface area contributed by atoms with Gasteiger partial charge in [0.25, 0.3) is 5.91 Å². The van der Waals surface area contributed by atoms with Gasteiger partial charge in [0.1, 0.15) is 11.4 Å². The number of nitrogens with zero attached hydrogens (tertiary/aromatic N) is 2. The number of benzene rings is 1. The smallest absolute Gasteiger partial charge is 0.416 e. The highest BCUT2D eigenvalue weighted by Gasteiger charge is 2.42. The second-order valence-electron chi connectivity index (χ2n) is 10.4. The second-order valence-corrected chi connectivity index (χ2v) is 10.4. The Bertz CT molecular complexity index is 945. The molecule has 1 aromatic carbocycles. The quantitative estimate of drug-likeness (QED) is 0.427. The van der Waals surface area contributed by atoms with E-state index in [4.69, 9.17) is 18.9 Å². The molecule has 37 heavy (non-hydrogen) atoms. The second kappa shape index (κ2) is 11.9. The van der Waals surface area contributed by atoms with E-state index in [2.05, 4.69) is 0 Å². The summed E-state index contributed by atoms with van der Waals surface area (Å²) in [6.07, 6.45) is -4.02. The molecule has 1 aliphatic heterocycles. The fourth-order valence-electron chi connectivity index (χ4n) is 4.16. The zero-order valence-electron chi connectivity index (χ0n) is 22.1. The zero-order valence-corrected chi connectivity index (χ0v) is 22.1. The Morgan fingerprint density at radius 3 is 2.46 bits per heavy atom. The number of hydrogen-bond acceptors (Lipinski definition) is 6. The lowest BCUT2D eigenvalue weighted by atomic mass is 10.0. The Kier molecular flexibility index (Phi) is 9.33. The summed E-state index contributed by atoms with van der Waals surface area (Å²) in [5.41, 5.74) is -1.21. The molecular weight excluding hydrogens is 493 g/mol. The Morgan fingerprint density at radius 2 is 1.86 bits per heavy atom. The van der Waals surface area contributed by atoms with Crippen molar-refractivity contribution in [2.75, 3.05) is 40.0 Å². The van der Waals surface area contributed by atoms with Gasteiger partial charge < -0.3 is 28.7 Å². The number of halogens is 3. The largest absolute Gasteiger partial charge is 0.493 e. The molecule has 1 heterocycles. The van der Waals surface area contributed by atoms with Crippen molar-refractivity contribution in [3.63, 3.8) is 0 Å². The highest BCUT2D eigenvalue weighted by Crippen LogP contribution is 2.39. The van der Waals surface area contributed by atoms with Gasteiger partial charge in [-0.25, -0.2) is 4.79 Å². The first kappa shape index (κ1) is 29.0. The van der Waals surface area contributed by atoms with Crippen LogP contribution in [0, 0.1) is 0 Å². The molecule has 208 valence electrons. The maximum absolute atomic E-state index is 13.7. The standard InChI is InChI=1S/C26H37F3N2O6/c1-17(18-13-19(26(27,28)29)15-21(14-18)35-11-6-10-34-5)31(20-7-8-20)23(32)22-16-30(9-12-36-22)24(33)37-25(2,3)4/h13-15,17,20,22H,6-12,16H2,1-5H3/t17?,22-/m1/s1. The molecule has 3 rings (SSSR count). The molecule has 1 saturated carbocycles. The lowest BCUT2D eigenvalue weighted by Crippen LogP contribution is -2.54. The van der Waals surface area contributed by atoms with E-state index in [1.54, 1.807) is 38.7 Å². The summed E-state index contributed by atoms with van der Waals surface area (Å²) in [4.78, 5) is 29.2. The van der Waals surface area contributed by atoms with E-state index in [-0.39, 0.29) is 44.0 Å². The number of hydrogen-bond donors (Lipinski definition) is 0. The fourth-order valence-corrected chi connectivity index (χ4v) is 4.16. The predicted molar refractivity (Wildman–Crippen MR) is 129 cm³/mol. The van der Waals surface area contributed by atoms with Gasteiger partial charge in [-0.1, -0.05) is 0 Å². The predicted octanol–water partition coefficient (Wildman–Crippen LogP) is 4.81. The van der Waals surface area contributed by atoms with Gasteiger partial charge in [0, 0.05) is 32.7 Å². The molecule has 0 spiro atoms. The van der Waals surface area contributed by atoms with Crippen LogP contribution in [0.15, 0.2) is 18.2 Å². The van der Waals surface area contributed by atoms with Gasteiger partial charge in [-0.05, 0) is 64.3 Å². The van der Waals surface area contributed by atoms with Crippen LogP contribution in [0.1, 0.15) is 64.1 Å². The van der Waals surface area contributed by atoms with Crippen LogP contribution in [0.4, 0.5) is 18.0 Å². The molecule has 0 N–H and O–H groups in total. The first-order chi connectivity index (χ1) is 17.3. The molecule has 1 aromatic rings. The number of ether oxygens (including phenoxy) is 4. The Labute approximate surface area is 216 Å². The monoisotopic (exact) mass is 530 g/mol. The van der Waals surface area contributed by atoms with Gasteiger partial charge in [0.2, 0.25) is 0 Å². The maximum atomic E-state index is 13.7. The average Bonchev–Trinajstić information content (AvgIpc) is 3.65. The number of carbonyl (C=O) groups is 2. The summed E-state index contributed by atoms with van der Waals surface area (Å²) in [7, 11) is 1.54. The third kappa shape index (κ3) is 8.23. The molecular formula is C26H37F3N2O6. The van der Waals surface area contributed by atoms with E-state index in [0.29, 0.717) is 18.6 Å². The lowest BCUT2D eigenvalue weighted by molar-refractivity contribution is -0.151. The van der Waals surface area contributed by atoms with Gasteiger partial charge in [0.05, 0.1) is 31.4 Å². The Balaban J connectivity index is 1.81. The van der Waals surface area contributed by atoms with E-state index >= 15 is 0 Å². The van der Waals surface area contributed by atoms with Crippen molar-refractivity contribution in [2.24, 2.45) is 0 Å². The van der Waals surface area contributed by atoms with Crippen LogP contribution < -0.4 is 4.74 Å². The number of methoxy groups -OCH3 is 1. The van der Waals surface area contributed by atoms with Crippen molar-refractivity contribution in [1.82, 2.24) is 9.80 Å². The van der Waals surface area contributed by atoms with Crippen molar-refractivity contribution in [3.8, 4) is 5.75 Å². The Hall–Kier alpha value is -2.53. The van der Waals surface area contributed by atoms with Crippen molar-refractivity contribution in [1.29, 1.82) is 0 Å². The van der Waals surface area contributed by atoms with E-state index in [9.17, 15) is 22.8 Å². The number of alkyl halides is 3. The van der Waals surface area contributed by atoms with Gasteiger partial charge in [-0.2, -0.15) is 13.2 Å². The van der Waals surface area contributed by atoms with Crippen molar-refractivity contribution in [2.45, 2.75) is 76.9 Å². The highest BCUT2D eigenvalue weighted by atomic mass is 19.4. The molecule has 2 amide bonds. The summed E-state index contributed by atoms with van der Waals surface area (Å²) in [6.45, 7) is 8.06. The summed E-state index contributed by atoms with van der Waals surface area (Å²) in [5, 5.41) is 0. The van der Waals surface area contributed by atoms with Crippen LogP contribution in [0.2, 0.25) is 0 Å². The summed E-state index contributed by atoms with van der Waals surface area (Å²) >= 11 is 0. The lowest BCUT2D eigenvalue weighted by Gasteiger charge is -2.38. The molecule has 11 heteroatoms. The fraction of sp³-hybridized carbons (Fsp3) is 0.692. The van der Waals surface area contributed by atoms with Crippen LogP contribution in [-0.4, -0.2) is 79.6 Å². The van der Waals surface area contributed by atoms with Crippen LogP contribution in [0.25, 0.3) is 0 Å². The normalized spacial score (nSPS) is 19.4. The first-order valence-corrected chi connectivity index (χ1v) is 12.6. The molecule has 0 bridgehead atoms. The van der Waals surface area contributed by atoms with Crippen molar-refractivity contribution >= 4 is 12.0 Å². The van der Waals surface area contributed by atoms with Crippen LogP contribution >= 0.6 is 0 Å². The summed E-state index contributed by atoms with van der Waals surface area (Å²) in [6, 6.07) is 2.80. The minimum Gasteiger partial charge on any atom is -0.493 e. The van der Waals surface area contributed by atoms with Crippen molar-refractivity contribution in [3.05, 3.63) is 29.3 Å². The third-order valence-corrected chi connectivity index (χ3v) is 6.11. The van der Waals surface area contributed by atoms with Gasteiger partial charge >= 0.3 is 12.3 Å². The van der Waals surface area contributed by atoms with E-state index in [0.717, 1.165) is 25.0 Å². The topological polar surface area (TPSA) is 77.5 Å². The molecule has 1 saturated heterocycles. The SMILES string of the molecule is COCCCOc1cc(C(C)N(C(=O)[C@H]2CN(C(=O)OC(C)(C)C)CCO2)C2CC2)cc(C(F)(F)F)c1. The molecule has 0 aromatic heterocycles. The van der Waals surface area contributed by atoms with Crippen molar-refractivity contribution < 1.29 is 41.7 Å². The average molecular weight is 531 g/mol. The third-order valence-electron chi connectivity index (χ3n) is 6.11. The Morgan fingerprint density at radius 1 is 1.16 bits per heavy atom. The molecule has 2 aliphatic rings. The zero-order chi connectivity index (χ0) is 27.4. The molecule has 1 aliphatic carbocycles. The first-order valence-electron chi connectivity index (χ1n) is 12.6. The number of morpholine rings is 1. The van der Waals surface area contributed by atoms with E-state index < -0.39 is 35.6 Å². The van der Waals surface area contributed by atoms with E-state index in [1.807, 2.05) is 0 Å². The molecule has 2 atom stereocenters. The van der Waals surface area contributed by atoms with Gasteiger partial charge in [-0.3, -0.25) is 4.79 Å². The molecule has 8 nitrogen and oxygen atoms in total. The number of rotatable bonds is 9.